The molecule has 0 amide bonds. The summed E-state index contributed by atoms with van der Waals surface area (Å²) in [4.78, 5) is 27.1. The van der Waals surface area contributed by atoms with E-state index in [1.54, 1.807) is 30.0 Å². The molecule has 0 fully saturated rings. The molecule has 0 aliphatic carbocycles. The molecule has 4 aromatic rings. The van der Waals surface area contributed by atoms with Crippen molar-refractivity contribution in [1.29, 1.82) is 0 Å². The fourth-order valence-electron chi connectivity index (χ4n) is 3.76. The molecule has 9 heteroatoms. The average Bonchev–Trinajstić information content (AvgIpc) is 2.83. The van der Waals surface area contributed by atoms with E-state index < -0.39 is 11.6 Å². The van der Waals surface area contributed by atoms with Crippen LogP contribution in [-0.4, -0.2) is 19.5 Å². The summed E-state index contributed by atoms with van der Waals surface area (Å²) in [6.45, 7) is 9.47. The number of aromatic nitrogens is 4. The molecule has 1 aromatic carbocycles. The highest BCUT2D eigenvalue weighted by Gasteiger charge is 2.18. The predicted octanol–water partition coefficient (Wildman–Crippen LogP) is 6.36. The monoisotopic (exact) mass is 554 g/mol. The molecular weight excluding hydrogens is 530 g/mol. The van der Waals surface area contributed by atoms with Crippen molar-refractivity contribution in [1.82, 2.24) is 19.5 Å². The van der Waals surface area contributed by atoms with E-state index >= 15 is 0 Å². The number of nitrogens with zero attached hydrogens (tertiary/aromatic N) is 4. The number of halogens is 3. The normalized spacial score (nSPS) is 11.2. The topological polar surface area (TPSA) is 69.9 Å². The van der Waals surface area contributed by atoms with Crippen molar-refractivity contribution in [3.05, 3.63) is 97.4 Å². The number of hydrogen-bond donors (Lipinski definition) is 0. The van der Waals surface area contributed by atoms with Gasteiger partial charge in [-0.25, -0.2) is 18.7 Å². The van der Waals surface area contributed by atoms with Crippen LogP contribution in [0, 0.1) is 32.4 Å². The lowest BCUT2D eigenvalue weighted by Crippen LogP contribution is -2.23. The molecule has 0 spiro atoms. The van der Waals surface area contributed by atoms with Crippen molar-refractivity contribution in [2.24, 2.45) is 0 Å². The van der Waals surface area contributed by atoms with Crippen molar-refractivity contribution in [3.8, 4) is 22.8 Å². The summed E-state index contributed by atoms with van der Waals surface area (Å²) in [6, 6.07) is 6.80. The Labute approximate surface area is 216 Å². The van der Waals surface area contributed by atoms with Crippen LogP contribution in [0.1, 0.15) is 48.0 Å². The van der Waals surface area contributed by atoms with Crippen LogP contribution in [0.25, 0.3) is 17.1 Å². The first-order valence-electron chi connectivity index (χ1n) is 11.4. The maximum Gasteiger partial charge on any atom is 0.273 e. The standard InChI is InChI=1S/C27H25BrF2N4O2/c1-14(2)26-32-12-16(4)25(33-26)21-10-22(15(3)11-31-21)34-17(5)8-23(24(28)27(34)35)36-13-18-6-7-19(29)9-20(18)30/h6-12,14H,13H2,1-5H3. The zero-order chi connectivity index (χ0) is 26.1. The first kappa shape index (κ1) is 25.6. The molecule has 0 saturated carbocycles. The van der Waals surface area contributed by atoms with E-state index in [0.29, 0.717) is 22.8 Å². The molecule has 4 rings (SSSR count). The van der Waals surface area contributed by atoms with Crippen molar-refractivity contribution in [2.75, 3.05) is 0 Å². The van der Waals surface area contributed by atoms with Gasteiger partial charge in [-0.15, -0.1) is 0 Å². The third kappa shape index (κ3) is 5.06. The Kier molecular flexibility index (Phi) is 7.31. The van der Waals surface area contributed by atoms with Crippen LogP contribution < -0.4 is 10.3 Å². The van der Waals surface area contributed by atoms with Gasteiger partial charge < -0.3 is 4.74 Å². The fourth-order valence-corrected chi connectivity index (χ4v) is 4.16. The molecule has 0 N–H and O–H groups in total. The second kappa shape index (κ2) is 10.3. The molecule has 0 bridgehead atoms. The van der Waals surface area contributed by atoms with Crippen molar-refractivity contribution < 1.29 is 13.5 Å². The molecular formula is C27H25BrF2N4O2. The van der Waals surface area contributed by atoms with E-state index in [4.69, 9.17) is 9.72 Å². The lowest BCUT2D eigenvalue weighted by molar-refractivity contribution is 0.296. The van der Waals surface area contributed by atoms with Gasteiger partial charge in [-0.05, 0) is 66.0 Å². The van der Waals surface area contributed by atoms with Crippen molar-refractivity contribution in [3.63, 3.8) is 0 Å². The third-order valence-corrected chi connectivity index (χ3v) is 6.49. The highest BCUT2D eigenvalue weighted by Crippen LogP contribution is 2.28. The summed E-state index contributed by atoms with van der Waals surface area (Å²) in [5, 5.41) is 0. The van der Waals surface area contributed by atoms with Crippen LogP contribution >= 0.6 is 15.9 Å². The van der Waals surface area contributed by atoms with E-state index in [9.17, 15) is 13.6 Å². The number of ether oxygens (including phenoxy) is 1. The van der Waals surface area contributed by atoms with Gasteiger partial charge in [0.2, 0.25) is 0 Å². The lowest BCUT2D eigenvalue weighted by atomic mass is 10.1. The SMILES string of the molecule is Cc1cnc(-c2nc(C(C)C)ncc2C)cc1-n1c(C)cc(OCc2ccc(F)cc2F)c(Br)c1=O. The van der Waals surface area contributed by atoms with Crippen molar-refractivity contribution >= 4 is 15.9 Å². The maximum atomic E-state index is 14.0. The minimum absolute atomic E-state index is 0.156. The summed E-state index contributed by atoms with van der Waals surface area (Å²) in [5.41, 5.74) is 4.13. The Morgan fingerprint density at radius 1 is 1.03 bits per heavy atom. The van der Waals surface area contributed by atoms with Crippen LogP contribution in [0.15, 0.2) is 52.0 Å². The first-order chi connectivity index (χ1) is 17.1. The summed E-state index contributed by atoms with van der Waals surface area (Å²) >= 11 is 3.34. The second-order valence-corrected chi connectivity index (χ2v) is 9.69. The van der Waals surface area contributed by atoms with Gasteiger partial charge in [0.25, 0.3) is 5.56 Å². The van der Waals surface area contributed by atoms with Gasteiger partial charge in [0.15, 0.2) is 0 Å². The van der Waals surface area contributed by atoms with Gasteiger partial charge in [0.1, 0.15) is 34.3 Å². The molecule has 0 atom stereocenters. The Balaban J connectivity index is 1.74. The van der Waals surface area contributed by atoms with Crippen LogP contribution in [0.2, 0.25) is 0 Å². The first-order valence-corrected chi connectivity index (χ1v) is 12.2. The van der Waals surface area contributed by atoms with E-state index in [-0.39, 0.29) is 33.9 Å². The number of rotatable bonds is 6. The van der Waals surface area contributed by atoms with Gasteiger partial charge in [-0.1, -0.05) is 13.8 Å². The second-order valence-electron chi connectivity index (χ2n) is 8.90. The van der Waals surface area contributed by atoms with E-state index in [1.165, 1.54) is 6.07 Å². The third-order valence-electron chi connectivity index (χ3n) is 5.76. The van der Waals surface area contributed by atoms with E-state index in [2.05, 4.69) is 25.9 Å². The minimum atomic E-state index is -0.711. The molecule has 3 aromatic heterocycles. The highest BCUT2D eigenvalue weighted by molar-refractivity contribution is 9.10. The number of aryl methyl sites for hydroxylation is 3. The molecule has 0 radical (unpaired) electrons. The minimum Gasteiger partial charge on any atom is -0.487 e. The molecule has 0 aliphatic rings. The van der Waals surface area contributed by atoms with Gasteiger partial charge in [0.05, 0.1) is 17.1 Å². The van der Waals surface area contributed by atoms with Crippen molar-refractivity contribution in [2.45, 2.75) is 47.1 Å². The molecule has 6 nitrogen and oxygen atoms in total. The smallest absolute Gasteiger partial charge is 0.273 e. The lowest BCUT2D eigenvalue weighted by Gasteiger charge is -2.17. The van der Waals surface area contributed by atoms with E-state index in [0.717, 1.165) is 29.1 Å². The summed E-state index contributed by atoms with van der Waals surface area (Å²) < 4.78 is 34.7. The Bertz CT molecular complexity index is 1520. The summed E-state index contributed by atoms with van der Waals surface area (Å²) in [5.74, 6) is -0.240. The van der Waals surface area contributed by atoms with Crippen LogP contribution in [0.4, 0.5) is 8.78 Å². The van der Waals surface area contributed by atoms with Gasteiger partial charge >= 0.3 is 0 Å². The van der Waals surface area contributed by atoms with Crippen LogP contribution in [-0.2, 0) is 6.61 Å². The molecule has 0 aliphatic heterocycles. The number of hydrogen-bond acceptors (Lipinski definition) is 5. The molecule has 186 valence electrons. The fraction of sp³-hybridized carbons (Fsp3) is 0.259. The van der Waals surface area contributed by atoms with Crippen LogP contribution in [0.5, 0.6) is 5.75 Å². The highest BCUT2D eigenvalue weighted by atomic mass is 79.9. The summed E-state index contributed by atoms with van der Waals surface area (Å²) in [7, 11) is 0. The molecule has 3 heterocycles. The number of pyridine rings is 2. The Morgan fingerprint density at radius 3 is 2.44 bits per heavy atom. The Hall–Kier alpha value is -3.46. The Morgan fingerprint density at radius 2 is 1.75 bits per heavy atom. The largest absolute Gasteiger partial charge is 0.487 e. The molecule has 36 heavy (non-hydrogen) atoms. The summed E-state index contributed by atoms with van der Waals surface area (Å²) in [6.07, 6.45) is 3.49. The predicted molar refractivity (Wildman–Crippen MR) is 138 cm³/mol. The van der Waals surface area contributed by atoms with Gasteiger partial charge in [-0.2, -0.15) is 0 Å². The quantitative estimate of drug-likeness (QED) is 0.277. The molecule has 0 saturated heterocycles. The zero-order valence-corrected chi connectivity index (χ0v) is 22.2. The van der Waals surface area contributed by atoms with Gasteiger partial charge in [0, 0.05) is 41.7 Å². The van der Waals surface area contributed by atoms with Gasteiger partial charge in [-0.3, -0.25) is 14.3 Å². The van der Waals surface area contributed by atoms with E-state index in [1.807, 2.05) is 33.8 Å². The zero-order valence-electron chi connectivity index (χ0n) is 20.6. The molecule has 0 unspecified atom stereocenters. The van der Waals surface area contributed by atoms with Crippen LogP contribution in [0.3, 0.4) is 0 Å². The maximum absolute atomic E-state index is 14.0. The average molecular weight is 555 g/mol. The number of benzene rings is 1.